The molecule has 0 spiro atoms. The van der Waals surface area contributed by atoms with E-state index >= 15 is 0 Å². The van der Waals surface area contributed by atoms with Crippen LogP contribution in [0.2, 0.25) is 0 Å². The first-order valence-electron chi connectivity index (χ1n) is 6.56. The van der Waals surface area contributed by atoms with Crippen LogP contribution >= 0.6 is 0 Å². The molecule has 1 unspecified atom stereocenters. The number of aryl methyl sites for hydroxylation is 1. The molecule has 1 aromatic rings. The van der Waals surface area contributed by atoms with Crippen LogP contribution in [0.3, 0.4) is 0 Å². The van der Waals surface area contributed by atoms with Gasteiger partial charge in [0, 0.05) is 19.6 Å². The smallest absolute Gasteiger partial charge is 0.310 e. The molecule has 1 aliphatic heterocycles. The lowest BCUT2D eigenvalue weighted by atomic mass is 9.98. The Morgan fingerprint density at radius 3 is 3.11 bits per heavy atom. The number of aromatic nitrogens is 3. The molecule has 2 rings (SSSR count). The number of carbonyl (C=O) groups is 1. The second kappa shape index (κ2) is 5.84. The second-order valence-corrected chi connectivity index (χ2v) is 4.45. The first-order chi connectivity index (χ1) is 8.76. The maximum absolute atomic E-state index is 11.8. The lowest BCUT2D eigenvalue weighted by Gasteiger charge is -2.32. The van der Waals surface area contributed by atoms with E-state index in [2.05, 4.69) is 15.2 Å². The zero-order valence-corrected chi connectivity index (χ0v) is 11.0. The molecule has 0 aromatic carbocycles. The summed E-state index contributed by atoms with van der Waals surface area (Å²) in [6.45, 7) is 6.76. The van der Waals surface area contributed by atoms with Gasteiger partial charge in [0.15, 0.2) is 0 Å². The van der Waals surface area contributed by atoms with E-state index in [4.69, 9.17) is 4.74 Å². The number of rotatable bonds is 4. The Balaban J connectivity index is 2.04. The van der Waals surface area contributed by atoms with Crippen molar-refractivity contribution in [2.24, 2.45) is 5.92 Å². The minimum atomic E-state index is -0.0854. The molecule has 1 atom stereocenters. The van der Waals surface area contributed by atoms with Gasteiger partial charge >= 0.3 is 5.97 Å². The number of anilines is 1. The molecule has 1 aliphatic rings. The van der Waals surface area contributed by atoms with Crippen LogP contribution in [-0.2, 0) is 16.1 Å². The maximum atomic E-state index is 11.8. The zero-order chi connectivity index (χ0) is 13.0. The molecule has 1 aromatic heterocycles. The average molecular weight is 252 g/mol. The fourth-order valence-corrected chi connectivity index (χ4v) is 2.36. The predicted octanol–water partition coefficient (Wildman–Crippen LogP) is 1.08. The molecule has 0 radical (unpaired) electrons. The number of ether oxygens (including phenoxy) is 1. The predicted molar refractivity (Wildman–Crippen MR) is 67.3 cm³/mol. The van der Waals surface area contributed by atoms with Crippen molar-refractivity contribution in [2.75, 3.05) is 24.6 Å². The highest BCUT2D eigenvalue weighted by Gasteiger charge is 2.28. The number of nitrogens with zero attached hydrogens (tertiary/aromatic N) is 4. The van der Waals surface area contributed by atoms with Crippen molar-refractivity contribution >= 4 is 11.8 Å². The quantitative estimate of drug-likeness (QED) is 0.750. The Bertz CT molecular complexity index is 405. The van der Waals surface area contributed by atoms with Crippen LogP contribution in [0.15, 0.2) is 6.20 Å². The first kappa shape index (κ1) is 12.9. The number of piperidine rings is 1. The topological polar surface area (TPSA) is 60.2 Å². The summed E-state index contributed by atoms with van der Waals surface area (Å²) in [7, 11) is 0. The highest BCUT2D eigenvalue weighted by atomic mass is 16.5. The van der Waals surface area contributed by atoms with E-state index in [-0.39, 0.29) is 11.9 Å². The summed E-state index contributed by atoms with van der Waals surface area (Å²) in [6, 6.07) is 0. The average Bonchev–Trinajstić information content (AvgIpc) is 2.87. The zero-order valence-electron chi connectivity index (χ0n) is 11.0. The maximum Gasteiger partial charge on any atom is 0.310 e. The summed E-state index contributed by atoms with van der Waals surface area (Å²) in [5.74, 6) is 0.878. The first-order valence-corrected chi connectivity index (χ1v) is 6.56. The molecule has 1 saturated heterocycles. The third-order valence-corrected chi connectivity index (χ3v) is 3.26. The molecule has 2 heterocycles. The monoisotopic (exact) mass is 252 g/mol. The standard InChI is InChI=1S/C12H20N4O2/c1-3-16-11(8-13-14-16)15-7-5-6-10(9-15)12(17)18-4-2/h8,10H,3-7,9H2,1-2H3. The van der Waals surface area contributed by atoms with Crippen LogP contribution in [0.5, 0.6) is 0 Å². The Hall–Kier alpha value is -1.59. The minimum absolute atomic E-state index is 0.0288. The molecular weight excluding hydrogens is 232 g/mol. The van der Waals surface area contributed by atoms with Gasteiger partial charge in [-0.15, -0.1) is 5.10 Å². The summed E-state index contributed by atoms with van der Waals surface area (Å²) in [6.07, 6.45) is 3.67. The molecule has 0 aliphatic carbocycles. The van der Waals surface area contributed by atoms with Crippen molar-refractivity contribution in [3.05, 3.63) is 6.20 Å². The Labute approximate surface area is 107 Å². The summed E-state index contributed by atoms with van der Waals surface area (Å²) in [5.41, 5.74) is 0. The van der Waals surface area contributed by atoms with Gasteiger partial charge < -0.3 is 9.64 Å². The Morgan fingerprint density at radius 1 is 1.56 bits per heavy atom. The highest BCUT2D eigenvalue weighted by Crippen LogP contribution is 2.23. The molecule has 100 valence electrons. The van der Waals surface area contributed by atoms with Crippen LogP contribution in [-0.4, -0.2) is 40.7 Å². The van der Waals surface area contributed by atoms with Gasteiger partial charge in [-0.2, -0.15) is 0 Å². The van der Waals surface area contributed by atoms with E-state index in [1.54, 1.807) is 6.20 Å². The lowest BCUT2D eigenvalue weighted by Crippen LogP contribution is -2.40. The summed E-state index contributed by atoms with van der Waals surface area (Å²) >= 11 is 0. The largest absolute Gasteiger partial charge is 0.466 e. The van der Waals surface area contributed by atoms with Crippen LogP contribution in [0.4, 0.5) is 5.82 Å². The molecule has 18 heavy (non-hydrogen) atoms. The molecule has 0 amide bonds. The molecule has 6 nitrogen and oxygen atoms in total. The molecule has 1 fully saturated rings. The van der Waals surface area contributed by atoms with Crippen molar-refractivity contribution in [3.63, 3.8) is 0 Å². The summed E-state index contributed by atoms with van der Waals surface area (Å²) < 4.78 is 6.95. The number of esters is 1. The lowest BCUT2D eigenvalue weighted by molar-refractivity contribution is -0.148. The molecule has 6 heteroatoms. The van der Waals surface area contributed by atoms with Crippen molar-refractivity contribution in [3.8, 4) is 0 Å². The summed E-state index contributed by atoms with van der Waals surface area (Å²) in [5, 5.41) is 7.95. The third kappa shape index (κ3) is 2.63. The molecule has 0 saturated carbocycles. The Kier molecular flexibility index (Phi) is 4.17. The second-order valence-electron chi connectivity index (χ2n) is 4.45. The van der Waals surface area contributed by atoms with Gasteiger partial charge in [0.1, 0.15) is 5.82 Å². The number of carbonyl (C=O) groups excluding carboxylic acids is 1. The Morgan fingerprint density at radius 2 is 2.39 bits per heavy atom. The van der Waals surface area contributed by atoms with Gasteiger partial charge in [-0.05, 0) is 26.7 Å². The van der Waals surface area contributed by atoms with Gasteiger partial charge in [0.05, 0.1) is 18.7 Å². The van der Waals surface area contributed by atoms with E-state index in [0.29, 0.717) is 13.2 Å². The molecule has 0 N–H and O–H groups in total. The van der Waals surface area contributed by atoms with Crippen molar-refractivity contribution < 1.29 is 9.53 Å². The normalized spacial score (nSPS) is 19.9. The van der Waals surface area contributed by atoms with Crippen LogP contribution in [0, 0.1) is 5.92 Å². The van der Waals surface area contributed by atoms with Gasteiger partial charge in [0.25, 0.3) is 0 Å². The fourth-order valence-electron chi connectivity index (χ4n) is 2.36. The van der Waals surface area contributed by atoms with Crippen LogP contribution in [0.25, 0.3) is 0 Å². The van der Waals surface area contributed by atoms with Gasteiger partial charge in [-0.25, -0.2) is 4.68 Å². The van der Waals surface area contributed by atoms with E-state index in [0.717, 1.165) is 31.7 Å². The fraction of sp³-hybridized carbons (Fsp3) is 0.750. The van der Waals surface area contributed by atoms with Crippen LogP contribution < -0.4 is 4.90 Å². The van der Waals surface area contributed by atoms with Gasteiger partial charge in [-0.1, -0.05) is 5.21 Å². The van der Waals surface area contributed by atoms with E-state index < -0.39 is 0 Å². The molecular formula is C12H20N4O2. The third-order valence-electron chi connectivity index (χ3n) is 3.26. The van der Waals surface area contributed by atoms with Crippen molar-refractivity contribution in [1.82, 2.24) is 15.0 Å². The van der Waals surface area contributed by atoms with E-state index in [1.165, 1.54) is 0 Å². The number of hydrogen-bond donors (Lipinski definition) is 0. The minimum Gasteiger partial charge on any atom is -0.466 e. The van der Waals surface area contributed by atoms with Gasteiger partial charge in [0.2, 0.25) is 0 Å². The van der Waals surface area contributed by atoms with Gasteiger partial charge in [-0.3, -0.25) is 4.79 Å². The number of hydrogen-bond acceptors (Lipinski definition) is 5. The SMILES string of the molecule is CCOC(=O)C1CCCN(c2cnnn2CC)C1. The van der Waals surface area contributed by atoms with Crippen molar-refractivity contribution in [1.29, 1.82) is 0 Å². The van der Waals surface area contributed by atoms with Crippen LogP contribution in [0.1, 0.15) is 26.7 Å². The van der Waals surface area contributed by atoms with E-state index in [9.17, 15) is 4.79 Å². The summed E-state index contributed by atoms with van der Waals surface area (Å²) in [4.78, 5) is 14.0. The highest BCUT2D eigenvalue weighted by molar-refractivity contribution is 5.73. The van der Waals surface area contributed by atoms with E-state index in [1.807, 2.05) is 18.5 Å². The van der Waals surface area contributed by atoms with Crippen molar-refractivity contribution in [2.45, 2.75) is 33.2 Å². The molecule has 0 bridgehead atoms.